The predicted molar refractivity (Wildman–Crippen MR) is 72.1 cm³/mol. The van der Waals surface area contributed by atoms with Crippen LogP contribution in [0.2, 0.25) is 5.02 Å². The van der Waals surface area contributed by atoms with Gasteiger partial charge in [0.15, 0.2) is 0 Å². The summed E-state index contributed by atoms with van der Waals surface area (Å²) in [4.78, 5) is 11.7. The SMILES string of the molecule is CCCN/C=C(/C#N)C(=O)Nc1ccc(Cl)cc1. The van der Waals surface area contributed by atoms with Crippen molar-refractivity contribution in [2.45, 2.75) is 13.3 Å². The molecule has 2 N–H and O–H groups in total. The normalized spacial score (nSPS) is 10.6. The fraction of sp³-hybridized carbons (Fsp3) is 0.231. The van der Waals surface area contributed by atoms with Gasteiger partial charge in [-0.1, -0.05) is 18.5 Å². The largest absolute Gasteiger partial charge is 0.390 e. The molecule has 5 heteroatoms. The second-order valence-corrected chi connectivity index (χ2v) is 4.02. The molecule has 1 aromatic carbocycles. The second-order valence-electron chi connectivity index (χ2n) is 3.58. The molecule has 18 heavy (non-hydrogen) atoms. The van der Waals surface area contributed by atoms with E-state index < -0.39 is 5.91 Å². The smallest absolute Gasteiger partial charge is 0.267 e. The van der Waals surface area contributed by atoms with Crippen molar-refractivity contribution in [1.29, 1.82) is 5.26 Å². The van der Waals surface area contributed by atoms with Gasteiger partial charge >= 0.3 is 0 Å². The molecule has 0 atom stereocenters. The lowest BCUT2D eigenvalue weighted by Crippen LogP contribution is -2.16. The van der Waals surface area contributed by atoms with Crippen LogP contribution in [0.4, 0.5) is 5.69 Å². The Bertz CT molecular complexity index is 474. The summed E-state index contributed by atoms with van der Waals surface area (Å²) in [5.41, 5.74) is 0.638. The Kier molecular flexibility index (Phi) is 5.75. The van der Waals surface area contributed by atoms with E-state index in [0.29, 0.717) is 10.7 Å². The minimum absolute atomic E-state index is 0.0402. The van der Waals surface area contributed by atoms with E-state index in [4.69, 9.17) is 16.9 Å². The highest BCUT2D eigenvalue weighted by Gasteiger charge is 2.08. The van der Waals surface area contributed by atoms with Gasteiger partial charge in [0.05, 0.1) is 0 Å². The van der Waals surface area contributed by atoms with Crippen LogP contribution in [0.3, 0.4) is 0 Å². The summed E-state index contributed by atoms with van der Waals surface area (Å²) in [5.74, 6) is -0.441. The number of hydrogen-bond donors (Lipinski definition) is 2. The van der Waals surface area contributed by atoms with Gasteiger partial charge in [-0.15, -0.1) is 0 Å². The highest BCUT2D eigenvalue weighted by molar-refractivity contribution is 6.30. The first-order valence-electron chi connectivity index (χ1n) is 5.58. The van der Waals surface area contributed by atoms with E-state index >= 15 is 0 Å². The van der Waals surface area contributed by atoms with Crippen molar-refractivity contribution < 1.29 is 4.79 Å². The molecule has 1 amide bonds. The van der Waals surface area contributed by atoms with Crippen LogP contribution in [0.5, 0.6) is 0 Å². The average Bonchev–Trinajstić information content (AvgIpc) is 2.37. The number of carbonyl (C=O) groups is 1. The Morgan fingerprint density at radius 3 is 2.67 bits per heavy atom. The molecular formula is C13H14ClN3O. The summed E-state index contributed by atoms with van der Waals surface area (Å²) in [6.45, 7) is 2.72. The molecule has 0 aliphatic heterocycles. The quantitative estimate of drug-likeness (QED) is 0.488. The number of nitriles is 1. The fourth-order valence-corrected chi connectivity index (χ4v) is 1.32. The number of carbonyl (C=O) groups excluding carboxylic acids is 1. The molecule has 0 saturated carbocycles. The number of nitrogens with one attached hydrogen (secondary N) is 2. The van der Waals surface area contributed by atoms with Gasteiger partial charge in [0, 0.05) is 23.5 Å². The third-order valence-corrected chi connectivity index (χ3v) is 2.36. The maximum Gasteiger partial charge on any atom is 0.267 e. The Morgan fingerprint density at radius 2 is 2.11 bits per heavy atom. The van der Waals surface area contributed by atoms with E-state index in [-0.39, 0.29) is 5.57 Å². The monoisotopic (exact) mass is 263 g/mol. The molecule has 1 aromatic rings. The Balaban J connectivity index is 2.66. The Hall–Kier alpha value is -1.99. The molecule has 0 fully saturated rings. The summed E-state index contributed by atoms with van der Waals surface area (Å²) < 4.78 is 0. The lowest BCUT2D eigenvalue weighted by Gasteiger charge is -2.04. The molecular weight excluding hydrogens is 250 g/mol. The lowest BCUT2D eigenvalue weighted by molar-refractivity contribution is -0.112. The minimum Gasteiger partial charge on any atom is -0.390 e. The lowest BCUT2D eigenvalue weighted by atomic mass is 10.2. The highest BCUT2D eigenvalue weighted by atomic mass is 35.5. The van der Waals surface area contributed by atoms with Gasteiger partial charge in [-0.05, 0) is 30.7 Å². The van der Waals surface area contributed by atoms with Crippen LogP contribution in [-0.4, -0.2) is 12.5 Å². The van der Waals surface area contributed by atoms with E-state index in [1.165, 1.54) is 6.20 Å². The van der Waals surface area contributed by atoms with Crippen molar-refractivity contribution in [3.05, 3.63) is 41.1 Å². The van der Waals surface area contributed by atoms with E-state index in [1.54, 1.807) is 24.3 Å². The van der Waals surface area contributed by atoms with Gasteiger partial charge in [0.1, 0.15) is 11.6 Å². The van der Waals surface area contributed by atoms with Crippen LogP contribution < -0.4 is 10.6 Å². The van der Waals surface area contributed by atoms with Crippen LogP contribution in [0.1, 0.15) is 13.3 Å². The van der Waals surface area contributed by atoms with Gasteiger partial charge < -0.3 is 10.6 Å². The van der Waals surface area contributed by atoms with Crippen molar-refractivity contribution in [2.75, 3.05) is 11.9 Å². The molecule has 0 aromatic heterocycles. The van der Waals surface area contributed by atoms with Crippen molar-refractivity contribution in [3.63, 3.8) is 0 Å². The summed E-state index contributed by atoms with van der Waals surface area (Å²) in [5, 5.41) is 15.0. The molecule has 0 heterocycles. The molecule has 0 radical (unpaired) electrons. The topological polar surface area (TPSA) is 64.9 Å². The number of rotatable bonds is 5. The minimum atomic E-state index is -0.441. The predicted octanol–water partition coefficient (Wildman–Crippen LogP) is 2.69. The van der Waals surface area contributed by atoms with Crippen LogP contribution in [-0.2, 0) is 4.79 Å². The van der Waals surface area contributed by atoms with E-state index in [2.05, 4.69) is 10.6 Å². The first kappa shape index (κ1) is 14.1. The van der Waals surface area contributed by atoms with Crippen molar-refractivity contribution in [2.24, 2.45) is 0 Å². The van der Waals surface area contributed by atoms with Gasteiger partial charge in [0.25, 0.3) is 5.91 Å². The fourth-order valence-electron chi connectivity index (χ4n) is 1.20. The first-order valence-corrected chi connectivity index (χ1v) is 5.95. The van der Waals surface area contributed by atoms with Crippen molar-refractivity contribution >= 4 is 23.2 Å². The highest BCUT2D eigenvalue weighted by Crippen LogP contribution is 2.13. The maximum absolute atomic E-state index is 11.7. The Labute approximate surface area is 111 Å². The molecule has 0 spiro atoms. The van der Waals surface area contributed by atoms with E-state index in [9.17, 15) is 4.79 Å². The zero-order valence-corrected chi connectivity index (χ0v) is 10.8. The third-order valence-electron chi connectivity index (χ3n) is 2.11. The summed E-state index contributed by atoms with van der Waals surface area (Å²) >= 11 is 5.74. The zero-order chi connectivity index (χ0) is 13.4. The van der Waals surface area contributed by atoms with Gasteiger partial charge in [-0.25, -0.2) is 0 Å². The molecule has 0 saturated heterocycles. The number of halogens is 1. The van der Waals surface area contributed by atoms with Crippen molar-refractivity contribution in [1.82, 2.24) is 5.32 Å². The molecule has 94 valence electrons. The van der Waals surface area contributed by atoms with E-state index in [1.807, 2.05) is 13.0 Å². The zero-order valence-electron chi connectivity index (χ0n) is 10.0. The number of nitrogens with zero attached hydrogens (tertiary/aromatic N) is 1. The Morgan fingerprint density at radius 1 is 1.44 bits per heavy atom. The molecule has 0 unspecified atom stereocenters. The summed E-state index contributed by atoms with van der Waals surface area (Å²) in [7, 11) is 0. The van der Waals surface area contributed by atoms with Crippen molar-refractivity contribution in [3.8, 4) is 6.07 Å². The molecule has 4 nitrogen and oxygen atoms in total. The standard InChI is InChI=1S/C13H14ClN3O/c1-2-7-16-9-10(8-15)13(18)17-12-5-3-11(14)4-6-12/h3-6,9,16H,2,7H2,1H3,(H,17,18)/b10-9-. The number of anilines is 1. The summed E-state index contributed by atoms with van der Waals surface area (Å²) in [6.07, 6.45) is 2.35. The molecule has 1 rings (SSSR count). The van der Waals surface area contributed by atoms with Crippen LogP contribution in [0.15, 0.2) is 36.0 Å². The number of benzene rings is 1. The van der Waals surface area contributed by atoms with Gasteiger partial charge in [-0.3, -0.25) is 4.79 Å². The van der Waals surface area contributed by atoms with Crippen LogP contribution in [0.25, 0.3) is 0 Å². The van der Waals surface area contributed by atoms with Gasteiger partial charge in [0.2, 0.25) is 0 Å². The third kappa shape index (κ3) is 4.48. The molecule has 0 aliphatic carbocycles. The number of amides is 1. The average molecular weight is 264 g/mol. The second kappa shape index (κ2) is 7.36. The summed E-state index contributed by atoms with van der Waals surface area (Å²) in [6, 6.07) is 8.54. The molecule has 0 aliphatic rings. The maximum atomic E-state index is 11.7. The van der Waals surface area contributed by atoms with Crippen LogP contribution in [0, 0.1) is 11.3 Å². The van der Waals surface area contributed by atoms with Crippen LogP contribution >= 0.6 is 11.6 Å². The van der Waals surface area contributed by atoms with Gasteiger partial charge in [-0.2, -0.15) is 5.26 Å². The number of hydrogen-bond acceptors (Lipinski definition) is 3. The molecule has 0 bridgehead atoms. The van der Waals surface area contributed by atoms with E-state index in [0.717, 1.165) is 13.0 Å². The first-order chi connectivity index (χ1) is 8.67.